The lowest BCUT2D eigenvalue weighted by Crippen LogP contribution is -2.11. The highest BCUT2D eigenvalue weighted by molar-refractivity contribution is 9.10. The largest absolute Gasteiger partial charge is 0.322 e. The molecule has 23 heavy (non-hydrogen) atoms. The molecule has 0 fully saturated rings. The molecule has 0 aliphatic carbocycles. The summed E-state index contributed by atoms with van der Waals surface area (Å²) in [5.74, 6) is -0.202. The van der Waals surface area contributed by atoms with E-state index >= 15 is 0 Å². The van der Waals surface area contributed by atoms with Crippen LogP contribution in [-0.4, -0.2) is 15.7 Å². The van der Waals surface area contributed by atoms with Gasteiger partial charge < -0.3 is 5.32 Å². The van der Waals surface area contributed by atoms with E-state index in [4.69, 9.17) is 11.6 Å². The molecule has 116 valence electrons. The average molecular weight is 391 g/mol. The number of benzene rings is 2. The number of hydrogen-bond acceptors (Lipinski definition) is 2. The second kappa shape index (κ2) is 6.56. The molecular formula is C17H13BrClN3O. The van der Waals surface area contributed by atoms with E-state index in [1.165, 1.54) is 6.20 Å². The molecular weight excluding hydrogens is 378 g/mol. The first-order valence-electron chi connectivity index (χ1n) is 6.91. The molecule has 0 radical (unpaired) electrons. The lowest BCUT2D eigenvalue weighted by molar-refractivity contribution is 0.102. The number of hydrogen-bond donors (Lipinski definition) is 1. The third-order valence-corrected chi connectivity index (χ3v) is 4.49. The average Bonchev–Trinajstić information content (AvgIpc) is 3.02. The normalized spacial score (nSPS) is 10.6. The Hall–Kier alpha value is -2.11. The summed E-state index contributed by atoms with van der Waals surface area (Å²) >= 11 is 9.31. The molecule has 0 aliphatic rings. The van der Waals surface area contributed by atoms with Gasteiger partial charge in [0.1, 0.15) is 0 Å². The fraction of sp³-hybridized carbons (Fsp3) is 0.0588. The zero-order valence-electron chi connectivity index (χ0n) is 12.3. The van der Waals surface area contributed by atoms with Crippen LogP contribution in [-0.2, 0) is 0 Å². The molecule has 1 aromatic heterocycles. The SMILES string of the molecule is Cc1cc(NC(=O)c2cnn(-c3ccc(Cl)cc3)c2)ccc1Br. The summed E-state index contributed by atoms with van der Waals surface area (Å²) in [6, 6.07) is 12.9. The van der Waals surface area contributed by atoms with Gasteiger partial charge in [0, 0.05) is 21.4 Å². The Morgan fingerprint density at radius 2 is 1.96 bits per heavy atom. The highest BCUT2D eigenvalue weighted by Gasteiger charge is 2.10. The van der Waals surface area contributed by atoms with Gasteiger partial charge in [0.2, 0.25) is 0 Å². The van der Waals surface area contributed by atoms with E-state index in [1.54, 1.807) is 23.0 Å². The lowest BCUT2D eigenvalue weighted by atomic mass is 10.2. The van der Waals surface area contributed by atoms with Crippen molar-refractivity contribution in [3.05, 3.63) is 75.5 Å². The number of nitrogens with one attached hydrogen (secondary N) is 1. The van der Waals surface area contributed by atoms with Gasteiger partial charge in [0.05, 0.1) is 17.4 Å². The Balaban J connectivity index is 1.78. The van der Waals surface area contributed by atoms with E-state index in [0.717, 1.165) is 21.4 Å². The Labute approximate surface area is 147 Å². The second-order valence-corrected chi connectivity index (χ2v) is 6.36. The number of amides is 1. The van der Waals surface area contributed by atoms with E-state index in [2.05, 4.69) is 26.3 Å². The maximum atomic E-state index is 12.3. The van der Waals surface area contributed by atoms with Crippen molar-refractivity contribution < 1.29 is 4.79 Å². The molecule has 3 aromatic rings. The zero-order valence-corrected chi connectivity index (χ0v) is 14.6. The molecule has 1 heterocycles. The highest BCUT2D eigenvalue weighted by atomic mass is 79.9. The number of nitrogens with zero attached hydrogens (tertiary/aromatic N) is 2. The summed E-state index contributed by atoms with van der Waals surface area (Å²) < 4.78 is 2.64. The van der Waals surface area contributed by atoms with Crippen molar-refractivity contribution in [3.63, 3.8) is 0 Å². The van der Waals surface area contributed by atoms with E-state index in [-0.39, 0.29) is 5.91 Å². The summed E-state index contributed by atoms with van der Waals surface area (Å²) in [6.07, 6.45) is 3.22. The van der Waals surface area contributed by atoms with Gasteiger partial charge >= 0.3 is 0 Å². The summed E-state index contributed by atoms with van der Waals surface area (Å²) in [5.41, 5.74) is 3.13. The van der Waals surface area contributed by atoms with Crippen LogP contribution >= 0.6 is 27.5 Å². The van der Waals surface area contributed by atoms with Gasteiger partial charge in [-0.3, -0.25) is 4.79 Å². The molecule has 6 heteroatoms. The summed E-state index contributed by atoms with van der Waals surface area (Å²) in [7, 11) is 0. The summed E-state index contributed by atoms with van der Waals surface area (Å²) in [5, 5.41) is 7.74. The van der Waals surface area contributed by atoms with E-state index < -0.39 is 0 Å². The van der Waals surface area contributed by atoms with Gasteiger partial charge in [-0.1, -0.05) is 27.5 Å². The molecule has 0 aliphatic heterocycles. The molecule has 3 rings (SSSR count). The predicted molar refractivity (Wildman–Crippen MR) is 95.4 cm³/mol. The van der Waals surface area contributed by atoms with Crippen molar-refractivity contribution in [3.8, 4) is 5.69 Å². The number of aromatic nitrogens is 2. The molecule has 4 nitrogen and oxygen atoms in total. The fourth-order valence-corrected chi connectivity index (χ4v) is 2.47. The Morgan fingerprint density at radius 1 is 1.22 bits per heavy atom. The van der Waals surface area contributed by atoms with Gasteiger partial charge in [-0.2, -0.15) is 5.10 Å². The van der Waals surface area contributed by atoms with E-state index in [9.17, 15) is 4.79 Å². The minimum atomic E-state index is -0.202. The van der Waals surface area contributed by atoms with Crippen molar-refractivity contribution >= 4 is 39.1 Å². The van der Waals surface area contributed by atoms with Gasteiger partial charge in [0.25, 0.3) is 5.91 Å². The first-order chi connectivity index (χ1) is 11.0. The number of halogens is 2. The van der Waals surface area contributed by atoms with Crippen LogP contribution in [0.4, 0.5) is 5.69 Å². The molecule has 1 amide bonds. The van der Waals surface area contributed by atoms with Crippen LogP contribution in [0.25, 0.3) is 5.69 Å². The molecule has 0 saturated heterocycles. The third-order valence-electron chi connectivity index (χ3n) is 3.35. The van der Waals surface area contributed by atoms with Crippen LogP contribution in [0.1, 0.15) is 15.9 Å². The minimum absolute atomic E-state index is 0.202. The van der Waals surface area contributed by atoms with Gasteiger partial charge in [0.15, 0.2) is 0 Å². The van der Waals surface area contributed by atoms with Crippen LogP contribution in [0.15, 0.2) is 59.3 Å². The quantitative estimate of drug-likeness (QED) is 0.695. The smallest absolute Gasteiger partial charge is 0.258 e. The van der Waals surface area contributed by atoms with Crippen molar-refractivity contribution in [1.82, 2.24) is 9.78 Å². The minimum Gasteiger partial charge on any atom is -0.322 e. The number of carbonyl (C=O) groups excluding carboxylic acids is 1. The van der Waals surface area contributed by atoms with E-state index in [1.807, 2.05) is 37.3 Å². The van der Waals surface area contributed by atoms with Crippen LogP contribution in [0.2, 0.25) is 5.02 Å². The Morgan fingerprint density at radius 3 is 2.65 bits per heavy atom. The number of rotatable bonds is 3. The third kappa shape index (κ3) is 3.63. The monoisotopic (exact) mass is 389 g/mol. The lowest BCUT2D eigenvalue weighted by Gasteiger charge is -2.05. The topological polar surface area (TPSA) is 46.9 Å². The van der Waals surface area contributed by atoms with Crippen molar-refractivity contribution in [2.75, 3.05) is 5.32 Å². The molecule has 0 unspecified atom stereocenters. The van der Waals surface area contributed by atoms with Crippen LogP contribution < -0.4 is 5.32 Å². The summed E-state index contributed by atoms with van der Waals surface area (Å²) in [4.78, 5) is 12.3. The molecule has 0 spiro atoms. The standard InChI is InChI=1S/C17H13BrClN3O/c1-11-8-14(4-7-16(11)18)21-17(23)12-9-20-22(10-12)15-5-2-13(19)3-6-15/h2-10H,1H3,(H,21,23). The maximum Gasteiger partial charge on any atom is 0.258 e. The molecule has 0 bridgehead atoms. The van der Waals surface area contributed by atoms with E-state index in [0.29, 0.717) is 10.6 Å². The van der Waals surface area contributed by atoms with Crippen molar-refractivity contribution in [1.29, 1.82) is 0 Å². The molecule has 0 atom stereocenters. The number of aryl methyl sites for hydroxylation is 1. The molecule has 2 aromatic carbocycles. The van der Waals surface area contributed by atoms with Crippen LogP contribution in [0.3, 0.4) is 0 Å². The van der Waals surface area contributed by atoms with Crippen LogP contribution in [0, 0.1) is 6.92 Å². The summed E-state index contributed by atoms with van der Waals surface area (Å²) in [6.45, 7) is 1.97. The van der Waals surface area contributed by atoms with Gasteiger partial charge in [-0.15, -0.1) is 0 Å². The van der Waals surface area contributed by atoms with Crippen molar-refractivity contribution in [2.24, 2.45) is 0 Å². The number of carbonyl (C=O) groups is 1. The predicted octanol–water partition coefficient (Wildman–Crippen LogP) is 4.85. The van der Waals surface area contributed by atoms with Crippen LogP contribution in [0.5, 0.6) is 0 Å². The first-order valence-corrected chi connectivity index (χ1v) is 8.08. The molecule has 1 N–H and O–H groups in total. The van der Waals surface area contributed by atoms with Crippen molar-refractivity contribution in [2.45, 2.75) is 6.92 Å². The Bertz CT molecular complexity index is 859. The molecule has 0 saturated carbocycles. The second-order valence-electron chi connectivity index (χ2n) is 5.07. The van der Waals surface area contributed by atoms with Gasteiger partial charge in [-0.05, 0) is 55.0 Å². The zero-order chi connectivity index (χ0) is 16.4. The highest BCUT2D eigenvalue weighted by Crippen LogP contribution is 2.20. The number of anilines is 1. The van der Waals surface area contributed by atoms with Gasteiger partial charge in [-0.25, -0.2) is 4.68 Å². The fourth-order valence-electron chi connectivity index (χ4n) is 2.10. The maximum absolute atomic E-state index is 12.3. The first kappa shape index (κ1) is 15.8. The Kier molecular flexibility index (Phi) is 4.50.